The standard InChI is InChI=1S/C28H31N3OSSi/c1-28(2,3)34(4,5)32-17-16-23-24(18-29)26(20-31)27(25(23)19-30)33(21-12-8-6-9-13-21)22-14-10-7-11-15-22/h6-15,23,33H,16-17H2,1-5H3. The first-order valence-corrected chi connectivity index (χ1v) is 15.6. The van der Waals surface area contributed by atoms with Gasteiger partial charge < -0.3 is 4.43 Å². The Morgan fingerprint density at radius 3 is 1.74 bits per heavy atom. The second kappa shape index (κ2) is 10.5. The highest BCUT2D eigenvalue weighted by molar-refractivity contribution is 8.20. The topological polar surface area (TPSA) is 80.6 Å². The lowest BCUT2D eigenvalue weighted by Gasteiger charge is -2.36. The Bertz CT molecular complexity index is 1180. The van der Waals surface area contributed by atoms with Crippen LogP contribution in [0.4, 0.5) is 0 Å². The highest BCUT2D eigenvalue weighted by Gasteiger charge is 2.40. The molecule has 0 radical (unpaired) electrons. The highest BCUT2D eigenvalue weighted by atomic mass is 32.2. The average molecular weight is 486 g/mol. The first-order chi connectivity index (χ1) is 16.2. The van der Waals surface area contributed by atoms with Crippen LogP contribution in [0.3, 0.4) is 0 Å². The Morgan fingerprint density at radius 2 is 1.32 bits per heavy atom. The Morgan fingerprint density at radius 1 is 0.824 bits per heavy atom. The lowest BCUT2D eigenvalue weighted by Crippen LogP contribution is -2.41. The predicted molar refractivity (Wildman–Crippen MR) is 141 cm³/mol. The van der Waals surface area contributed by atoms with Crippen molar-refractivity contribution in [1.29, 1.82) is 15.8 Å². The highest BCUT2D eigenvalue weighted by Crippen LogP contribution is 2.59. The number of hydrogen-bond donors (Lipinski definition) is 1. The molecule has 1 aliphatic carbocycles. The molecule has 0 saturated heterocycles. The maximum atomic E-state index is 10.3. The summed E-state index contributed by atoms with van der Waals surface area (Å²) in [5, 5.41) is 30.6. The molecule has 1 unspecified atom stereocenters. The van der Waals surface area contributed by atoms with Crippen molar-refractivity contribution in [3.05, 3.63) is 82.3 Å². The largest absolute Gasteiger partial charge is 0.417 e. The second-order valence-corrected chi connectivity index (χ2v) is 16.8. The van der Waals surface area contributed by atoms with Crippen LogP contribution >= 0.6 is 10.9 Å². The van der Waals surface area contributed by atoms with E-state index in [4.69, 9.17) is 4.43 Å². The van der Waals surface area contributed by atoms with E-state index in [0.717, 1.165) is 9.79 Å². The van der Waals surface area contributed by atoms with E-state index in [2.05, 4.69) is 52.1 Å². The Labute approximate surface area is 207 Å². The molecule has 0 saturated carbocycles. The van der Waals surface area contributed by atoms with E-state index in [1.807, 2.05) is 60.7 Å². The number of thiol groups is 1. The van der Waals surface area contributed by atoms with Gasteiger partial charge in [-0.2, -0.15) is 26.7 Å². The normalized spacial score (nSPS) is 16.6. The first-order valence-electron chi connectivity index (χ1n) is 11.4. The van der Waals surface area contributed by atoms with Gasteiger partial charge in [0.2, 0.25) is 0 Å². The molecule has 174 valence electrons. The number of benzene rings is 2. The maximum Gasteiger partial charge on any atom is 0.191 e. The fraction of sp³-hybridized carbons (Fsp3) is 0.321. The third kappa shape index (κ3) is 5.03. The number of nitrogens with zero attached hydrogens (tertiary/aromatic N) is 3. The summed E-state index contributed by atoms with van der Waals surface area (Å²) < 4.78 is 6.37. The van der Waals surface area contributed by atoms with Crippen LogP contribution in [-0.4, -0.2) is 14.9 Å². The van der Waals surface area contributed by atoms with Crippen molar-refractivity contribution in [2.24, 2.45) is 5.92 Å². The molecular formula is C28H31N3OSSi. The van der Waals surface area contributed by atoms with Gasteiger partial charge in [0.25, 0.3) is 0 Å². The molecule has 0 amide bonds. The van der Waals surface area contributed by atoms with E-state index in [1.54, 1.807) is 0 Å². The number of hydrogen-bond acceptors (Lipinski definition) is 4. The minimum atomic E-state index is -1.97. The van der Waals surface area contributed by atoms with Gasteiger partial charge in [-0.05, 0) is 58.6 Å². The van der Waals surface area contributed by atoms with Crippen molar-refractivity contribution in [3.8, 4) is 18.2 Å². The van der Waals surface area contributed by atoms with Crippen molar-refractivity contribution in [3.63, 3.8) is 0 Å². The van der Waals surface area contributed by atoms with Crippen molar-refractivity contribution in [2.45, 2.75) is 55.1 Å². The molecule has 0 N–H and O–H groups in total. The summed E-state index contributed by atoms with van der Waals surface area (Å²) in [6, 6.07) is 26.9. The average Bonchev–Trinajstić information content (AvgIpc) is 3.12. The Balaban J connectivity index is 2.10. The van der Waals surface area contributed by atoms with Gasteiger partial charge in [0.1, 0.15) is 6.07 Å². The molecule has 3 rings (SSSR count). The number of nitriles is 3. The van der Waals surface area contributed by atoms with E-state index >= 15 is 0 Å². The molecule has 0 spiro atoms. The third-order valence-corrected chi connectivity index (χ3v) is 13.8. The van der Waals surface area contributed by atoms with Gasteiger partial charge in [-0.15, -0.1) is 0 Å². The lowest BCUT2D eigenvalue weighted by molar-refractivity contribution is 0.272. The molecule has 6 heteroatoms. The third-order valence-electron chi connectivity index (χ3n) is 6.74. The summed E-state index contributed by atoms with van der Waals surface area (Å²) in [6.45, 7) is 11.4. The molecule has 2 aromatic carbocycles. The molecule has 1 aliphatic rings. The zero-order valence-corrected chi connectivity index (χ0v) is 22.4. The van der Waals surface area contributed by atoms with Gasteiger partial charge in [-0.1, -0.05) is 57.2 Å². The molecule has 0 heterocycles. The minimum Gasteiger partial charge on any atom is -0.417 e. The fourth-order valence-corrected chi connectivity index (χ4v) is 7.51. The summed E-state index contributed by atoms with van der Waals surface area (Å²) >= 11 is 0. The van der Waals surface area contributed by atoms with Crippen LogP contribution in [0.5, 0.6) is 0 Å². The fourth-order valence-electron chi connectivity index (χ4n) is 3.85. The Kier molecular flexibility index (Phi) is 7.85. The van der Waals surface area contributed by atoms with E-state index in [1.165, 1.54) is 0 Å². The smallest absolute Gasteiger partial charge is 0.191 e. The van der Waals surface area contributed by atoms with Crippen molar-refractivity contribution < 1.29 is 4.43 Å². The molecule has 2 aromatic rings. The first kappa shape index (κ1) is 25.5. The summed E-state index contributed by atoms with van der Waals surface area (Å²) in [5.41, 5.74) is 1.29. The summed E-state index contributed by atoms with van der Waals surface area (Å²) in [6.07, 6.45) is 0.514. The van der Waals surface area contributed by atoms with Crippen molar-refractivity contribution in [2.75, 3.05) is 6.61 Å². The quantitative estimate of drug-likeness (QED) is 0.330. The van der Waals surface area contributed by atoms with Crippen LogP contribution in [0.2, 0.25) is 18.1 Å². The molecule has 0 fully saturated rings. The van der Waals surface area contributed by atoms with Gasteiger partial charge in [0, 0.05) is 17.4 Å². The van der Waals surface area contributed by atoms with E-state index in [-0.39, 0.29) is 5.04 Å². The van der Waals surface area contributed by atoms with Crippen LogP contribution in [0, 0.1) is 39.9 Å². The molecule has 34 heavy (non-hydrogen) atoms. The molecular weight excluding hydrogens is 454 g/mol. The zero-order chi connectivity index (χ0) is 24.9. The van der Waals surface area contributed by atoms with Gasteiger partial charge >= 0.3 is 0 Å². The van der Waals surface area contributed by atoms with Gasteiger partial charge in [-0.25, -0.2) is 0 Å². The zero-order valence-electron chi connectivity index (χ0n) is 20.5. The maximum absolute atomic E-state index is 10.3. The van der Waals surface area contributed by atoms with E-state index in [0.29, 0.717) is 34.7 Å². The van der Waals surface area contributed by atoms with Crippen molar-refractivity contribution in [1.82, 2.24) is 0 Å². The van der Waals surface area contributed by atoms with Gasteiger partial charge in [0.15, 0.2) is 8.32 Å². The number of allylic oxidation sites excluding steroid dienone is 3. The van der Waals surface area contributed by atoms with Gasteiger partial charge in [-0.3, -0.25) is 0 Å². The van der Waals surface area contributed by atoms with Crippen LogP contribution < -0.4 is 0 Å². The Hall–Kier alpha value is -3.08. The molecule has 4 nitrogen and oxygen atoms in total. The monoisotopic (exact) mass is 485 g/mol. The number of rotatable bonds is 7. The van der Waals surface area contributed by atoms with E-state index in [9.17, 15) is 15.8 Å². The summed E-state index contributed by atoms with van der Waals surface area (Å²) in [5.74, 6) is -0.415. The van der Waals surface area contributed by atoms with Gasteiger partial charge in [0.05, 0.1) is 28.9 Å². The molecule has 1 atom stereocenters. The predicted octanol–water partition coefficient (Wildman–Crippen LogP) is 7.27. The van der Waals surface area contributed by atoms with E-state index < -0.39 is 25.1 Å². The molecule has 0 bridgehead atoms. The summed E-state index contributed by atoms with van der Waals surface area (Å²) in [4.78, 5) is 2.82. The molecule has 0 aromatic heterocycles. The SMILES string of the molecule is CC(C)(C)[Si](C)(C)OCCC1C(C#N)=C(C#N)C([SH](c2ccccc2)c2ccccc2)=C1C#N. The summed E-state index contributed by atoms with van der Waals surface area (Å²) in [7, 11) is -3.13. The van der Waals surface area contributed by atoms with Crippen LogP contribution in [0.25, 0.3) is 0 Å². The lowest BCUT2D eigenvalue weighted by atomic mass is 9.93. The van der Waals surface area contributed by atoms with Crippen LogP contribution in [0.15, 0.2) is 92.1 Å². The van der Waals surface area contributed by atoms with Crippen LogP contribution in [-0.2, 0) is 4.43 Å². The molecule has 0 aliphatic heterocycles. The minimum absolute atomic E-state index is 0.0718. The van der Waals surface area contributed by atoms with Crippen LogP contribution in [0.1, 0.15) is 27.2 Å². The van der Waals surface area contributed by atoms with Crippen molar-refractivity contribution >= 4 is 19.2 Å². The second-order valence-electron chi connectivity index (χ2n) is 9.84.